The van der Waals surface area contributed by atoms with Crippen molar-refractivity contribution in [2.75, 3.05) is 0 Å². The van der Waals surface area contributed by atoms with Crippen molar-refractivity contribution >= 4 is 85.4 Å². The number of aromatic nitrogens is 2. The normalized spacial score (nSPS) is 12.8. The molecule has 0 unspecified atom stereocenters. The lowest BCUT2D eigenvalue weighted by Gasteiger charge is -2.11. The lowest BCUT2D eigenvalue weighted by molar-refractivity contribution is -0.635. The minimum absolute atomic E-state index is 0.0112. The molecule has 0 radical (unpaired) electrons. The molecule has 0 bridgehead atoms. The summed E-state index contributed by atoms with van der Waals surface area (Å²) in [5.74, 6) is 5.86. The molecular formula is C28H18N4O10S2+2. The Balaban J connectivity index is 1.61. The van der Waals surface area contributed by atoms with E-state index in [4.69, 9.17) is 0 Å². The largest absolute Gasteiger partial charge is 0.351 e. The quantitative estimate of drug-likeness (QED) is 0.113. The van der Waals surface area contributed by atoms with E-state index in [2.05, 4.69) is 30.3 Å². The van der Waals surface area contributed by atoms with Crippen molar-refractivity contribution in [1.29, 1.82) is 0 Å². The third-order valence-electron chi connectivity index (χ3n) is 7.72. The van der Waals surface area contributed by atoms with Gasteiger partial charge >= 0.3 is 20.2 Å². The van der Waals surface area contributed by atoms with Crippen molar-refractivity contribution < 1.29 is 37.2 Å². The van der Waals surface area contributed by atoms with Crippen LogP contribution in [0.1, 0.15) is 0 Å². The highest BCUT2D eigenvalue weighted by atomic mass is 32.2. The number of rotatable bonds is 4. The van der Waals surface area contributed by atoms with E-state index in [1.807, 2.05) is 0 Å². The molecule has 0 aliphatic carbocycles. The molecule has 8 N–H and O–H groups in total. The molecule has 1 heterocycles. The maximum absolute atomic E-state index is 13.8. The average molecular weight is 635 g/mol. The van der Waals surface area contributed by atoms with Crippen LogP contribution in [0, 0.1) is 0 Å². The van der Waals surface area contributed by atoms with E-state index in [1.54, 1.807) is 0 Å². The summed E-state index contributed by atoms with van der Waals surface area (Å²) in [5, 5.41) is -0.198. The molecule has 6 aromatic carbocycles. The summed E-state index contributed by atoms with van der Waals surface area (Å²) in [6, 6.07) is 12.8. The Bertz CT molecular complexity index is 2720. The maximum Gasteiger partial charge on any atom is 0.342 e. The van der Waals surface area contributed by atoms with Gasteiger partial charge in [0.2, 0.25) is 0 Å². The fraction of sp³-hybridized carbons (Fsp3) is 0. The fourth-order valence-electron chi connectivity index (χ4n) is 5.62. The predicted octanol–water partition coefficient (Wildman–Crippen LogP) is -0.135. The predicted molar refractivity (Wildman–Crippen MR) is 159 cm³/mol. The van der Waals surface area contributed by atoms with E-state index in [1.165, 1.54) is 36.4 Å². The van der Waals surface area contributed by atoms with Crippen LogP contribution < -0.4 is 33.5 Å². The molecule has 0 fully saturated rings. The van der Waals surface area contributed by atoms with Gasteiger partial charge in [-0.3, -0.25) is 19.2 Å². The first kappa shape index (κ1) is 27.7. The fourth-order valence-corrected chi connectivity index (χ4v) is 6.88. The number of fused-ring (bicyclic) bond motifs is 8. The van der Waals surface area contributed by atoms with Gasteiger partial charge in [-0.05, 0) is 60.7 Å². The highest BCUT2D eigenvalue weighted by Crippen LogP contribution is 2.28. The van der Waals surface area contributed by atoms with Crippen LogP contribution in [0.4, 0.5) is 0 Å². The molecular weight excluding hydrogens is 616 g/mol. The summed E-state index contributed by atoms with van der Waals surface area (Å²) in [7, 11) is -8.53. The van der Waals surface area contributed by atoms with Crippen LogP contribution in [-0.2, 0) is 28.8 Å². The van der Waals surface area contributed by atoms with Crippen LogP contribution in [0.5, 0.6) is 0 Å². The van der Waals surface area contributed by atoms with Crippen LogP contribution in [-0.4, -0.2) is 26.8 Å². The van der Waals surface area contributed by atoms with E-state index in [9.17, 15) is 36.0 Å². The standard InChI is InChI=1S/C28H16N4O10S2/c29-41-43(37,38)11-1-3-13-17(9-11)27(35)21-15(25(13)33)5-7-19-23(21)31-20-8-6-16-22(24(20)32-19)28(36)18-10-12(44(39,40)42-30)2-4-14(18)26(16)34/h1-10H,29-30H3/p+2. The number of nitrogens with one attached hydrogen (secondary N) is 2. The summed E-state index contributed by atoms with van der Waals surface area (Å²) < 4.78 is 57.5. The second-order valence-electron chi connectivity index (χ2n) is 9.95. The van der Waals surface area contributed by atoms with Gasteiger partial charge in [0.05, 0.1) is 42.6 Å². The lowest BCUT2D eigenvalue weighted by Crippen LogP contribution is -2.51. The minimum Gasteiger partial charge on any atom is -0.351 e. The lowest BCUT2D eigenvalue weighted by atomic mass is 9.99. The SMILES string of the molecule is [NH3+]OS(=O)(=O)c1ccc2c(=O)c3ccc4[nH]c5c(ccc6c(=O)c7ccc(S(=O)(=O)O[NH3+])cc7c(=O)c65)[nH]c4c3c(=O)c2c1. The molecule has 220 valence electrons. The number of H-pyrrole nitrogens is 2. The average Bonchev–Trinajstić information content (AvgIpc) is 3.03. The number of hydrogen-bond donors (Lipinski definition) is 4. The Morgan fingerprint density at radius 1 is 0.477 bits per heavy atom. The molecule has 0 aliphatic rings. The van der Waals surface area contributed by atoms with Gasteiger partial charge in [0.15, 0.2) is 21.7 Å². The van der Waals surface area contributed by atoms with E-state index in [0.29, 0.717) is 0 Å². The molecule has 0 saturated carbocycles. The van der Waals surface area contributed by atoms with Gasteiger partial charge in [0.1, 0.15) is 0 Å². The molecule has 14 nitrogen and oxygen atoms in total. The Labute approximate surface area is 243 Å². The van der Waals surface area contributed by atoms with Gasteiger partial charge in [-0.2, -0.15) is 28.6 Å². The minimum atomic E-state index is -4.27. The van der Waals surface area contributed by atoms with Crippen LogP contribution in [0.15, 0.2) is 89.6 Å². The summed E-state index contributed by atoms with van der Waals surface area (Å²) >= 11 is 0. The summed E-state index contributed by atoms with van der Waals surface area (Å²) in [4.78, 5) is 59.8. The third kappa shape index (κ3) is 3.73. The molecule has 0 spiro atoms. The monoisotopic (exact) mass is 634 g/mol. The van der Waals surface area contributed by atoms with Gasteiger partial charge in [0, 0.05) is 32.3 Å². The first-order valence-electron chi connectivity index (χ1n) is 12.6. The molecule has 16 heteroatoms. The number of aromatic amines is 2. The summed E-state index contributed by atoms with van der Waals surface area (Å²) in [6.45, 7) is 0. The molecule has 0 atom stereocenters. The molecule has 7 rings (SSSR count). The van der Waals surface area contributed by atoms with Crippen LogP contribution >= 0.6 is 0 Å². The van der Waals surface area contributed by atoms with Gasteiger partial charge in [-0.25, -0.2) is 0 Å². The molecule has 1 aromatic heterocycles. The first-order valence-corrected chi connectivity index (χ1v) is 15.4. The van der Waals surface area contributed by atoms with Crippen molar-refractivity contribution in [3.63, 3.8) is 0 Å². The maximum atomic E-state index is 13.8. The highest BCUT2D eigenvalue weighted by molar-refractivity contribution is 7.86. The van der Waals surface area contributed by atoms with Crippen molar-refractivity contribution in [2.24, 2.45) is 0 Å². The second kappa shape index (κ2) is 9.20. The van der Waals surface area contributed by atoms with E-state index in [-0.39, 0.29) is 74.9 Å². The smallest absolute Gasteiger partial charge is 0.342 e. The van der Waals surface area contributed by atoms with Crippen molar-refractivity contribution in [3.8, 4) is 0 Å². The van der Waals surface area contributed by atoms with E-state index in [0.717, 1.165) is 24.3 Å². The molecule has 0 aliphatic heterocycles. The zero-order chi connectivity index (χ0) is 31.3. The van der Waals surface area contributed by atoms with Gasteiger partial charge in [0.25, 0.3) is 0 Å². The van der Waals surface area contributed by atoms with Crippen LogP contribution in [0.3, 0.4) is 0 Å². The summed E-state index contributed by atoms with van der Waals surface area (Å²) in [6.07, 6.45) is 0. The van der Waals surface area contributed by atoms with Crippen molar-refractivity contribution in [3.05, 3.63) is 102 Å². The van der Waals surface area contributed by atoms with Gasteiger partial charge in [-0.1, -0.05) is 8.57 Å². The molecule has 0 saturated heterocycles. The molecule has 44 heavy (non-hydrogen) atoms. The molecule has 7 aromatic rings. The van der Waals surface area contributed by atoms with Crippen molar-refractivity contribution in [2.45, 2.75) is 9.79 Å². The number of quaternary nitrogens is 2. The molecule has 0 amide bonds. The van der Waals surface area contributed by atoms with Crippen LogP contribution in [0.2, 0.25) is 0 Å². The Morgan fingerprint density at radius 2 is 0.841 bits per heavy atom. The second-order valence-corrected chi connectivity index (χ2v) is 13.2. The van der Waals surface area contributed by atoms with E-state index >= 15 is 0 Å². The zero-order valence-electron chi connectivity index (χ0n) is 22.1. The third-order valence-corrected chi connectivity index (χ3v) is 10.0. The van der Waals surface area contributed by atoms with Gasteiger partial charge in [-0.15, -0.1) is 0 Å². The zero-order valence-corrected chi connectivity index (χ0v) is 23.7. The highest BCUT2D eigenvalue weighted by Gasteiger charge is 2.22. The van der Waals surface area contributed by atoms with Gasteiger partial charge < -0.3 is 9.97 Å². The van der Waals surface area contributed by atoms with E-state index < -0.39 is 42.0 Å². The van der Waals surface area contributed by atoms with Crippen LogP contribution in [0.25, 0.3) is 65.2 Å². The summed E-state index contributed by atoms with van der Waals surface area (Å²) in [5.41, 5.74) is -1.34. The first-order chi connectivity index (χ1) is 20.9. The van der Waals surface area contributed by atoms with Crippen molar-refractivity contribution in [1.82, 2.24) is 9.97 Å². The Kier molecular flexibility index (Phi) is 5.79. The number of benzene rings is 6. The Hall–Kier alpha value is -5.10. The topological polar surface area (TPSA) is 242 Å². The number of hydrogen-bond acceptors (Lipinski definition) is 10. The Morgan fingerprint density at radius 3 is 1.20 bits per heavy atom.